The summed E-state index contributed by atoms with van der Waals surface area (Å²) in [4.78, 5) is 24.2. The maximum absolute atomic E-state index is 11.4. The molecule has 0 radical (unpaired) electrons. The maximum atomic E-state index is 11.4. The Morgan fingerprint density at radius 2 is 2.00 bits per heavy atom. The summed E-state index contributed by atoms with van der Waals surface area (Å²) < 4.78 is 0. The largest absolute Gasteiger partial charge is 0.396 e. The maximum Gasteiger partial charge on any atom is 0.342 e. The summed E-state index contributed by atoms with van der Waals surface area (Å²) in [5.41, 5.74) is -1.47. The Morgan fingerprint density at radius 1 is 1.35 bits per heavy atom. The molecule has 0 aromatic carbocycles. The molecule has 0 aliphatic carbocycles. The molecule has 1 rings (SSSR count). The molecule has 96 valence electrons. The van der Waals surface area contributed by atoms with E-state index >= 15 is 0 Å². The van der Waals surface area contributed by atoms with Crippen molar-refractivity contribution in [3.05, 3.63) is 20.8 Å². The number of aromatic amines is 2. The molecule has 1 aromatic heterocycles. The molecule has 0 saturated heterocycles. The molecule has 0 spiro atoms. The van der Waals surface area contributed by atoms with Gasteiger partial charge in [0.15, 0.2) is 0 Å². The van der Waals surface area contributed by atoms with Crippen molar-refractivity contribution in [2.24, 2.45) is 5.41 Å². The highest BCUT2D eigenvalue weighted by molar-refractivity contribution is 5.29. The van der Waals surface area contributed by atoms with Crippen LogP contribution in [0.3, 0.4) is 0 Å². The summed E-state index contributed by atoms with van der Waals surface area (Å²) >= 11 is 0. The first-order valence-electron chi connectivity index (χ1n) is 5.60. The van der Waals surface area contributed by atoms with E-state index in [1.807, 2.05) is 13.8 Å². The number of anilines is 1. The van der Waals surface area contributed by atoms with Crippen molar-refractivity contribution >= 4 is 5.82 Å². The number of H-pyrrole nitrogens is 2. The van der Waals surface area contributed by atoms with E-state index < -0.39 is 11.2 Å². The molecule has 0 fully saturated rings. The van der Waals surface area contributed by atoms with Gasteiger partial charge in [-0.3, -0.25) is 9.78 Å². The van der Waals surface area contributed by atoms with E-state index in [1.54, 1.807) is 0 Å². The number of nitrogens with zero attached hydrogens (tertiary/aromatic N) is 1. The van der Waals surface area contributed by atoms with Crippen LogP contribution in [0.15, 0.2) is 9.59 Å². The van der Waals surface area contributed by atoms with Crippen LogP contribution >= 0.6 is 0 Å². The lowest BCUT2D eigenvalue weighted by Crippen LogP contribution is -2.35. The first-order valence-corrected chi connectivity index (χ1v) is 5.60. The van der Waals surface area contributed by atoms with Crippen LogP contribution in [-0.2, 0) is 0 Å². The van der Waals surface area contributed by atoms with Gasteiger partial charge in [-0.05, 0) is 12.8 Å². The number of nitrogens with one attached hydrogen (secondary N) is 3. The number of rotatable bonds is 6. The minimum Gasteiger partial charge on any atom is -0.396 e. The molecule has 0 bridgehead atoms. The molecule has 7 heteroatoms. The fourth-order valence-corrected chi connectivity index (χ4v) is 1.52. The van der Waals surface area contributed by atoms with Crippen molar-refractivity contribution in [1.82, 2.24) is 15.2 Å². The van der Waals surface area contributed by atoms with Crippen LogP contribution in [0.1, 0.15) is 26.7 Å². The lowest BCUT2D eigenvalue weighted by molar-refractivity contribution is 0.127. The molecular formula is C10H18N4O3. The predicted molar refractivity (Wildman–Crippen MR) is 64.1 cm³/mol. The summed E-state index contributed by atoms with van der Waals surface area (Å²) in [5, 5.41) is 18.0. The fraction of sp³-hybridized carbons (Fsp3) is 0.700. The highest BCUT2D eigenvalue weighted by Gasteiger charge is 2.25. The van der Waals surface area contributed by atoms with Crippen LogP contribution in [0.4, 0.5) is 5.82 Å². The number of hydrogen-bond acceptors (Lipinski definition) is 5. The van der Waals surface area contributed by atoms with Gasteiger partial charge in [-0.25, -0.2) is 9.89 Å². The van der Waals surface area contributed by atoms with E-state index in [1.165, 1.54) is 0 Å². The summed E-state index contributed by atoms with van der Waals surface area (Å²) in [6.07, 6.45) is 1.57. The number of aromatic nitrogens is 3. The van der Waals surface area contributed by atoms with E-state index in [9.17, 15) is 14.7 Å². The van der Waals surface area contributed by atoms with Gasteiger partial charge in [-0.1, -0.05) is 13.8 Å². The first kappa shape index (κ1) is 13.4. The van der Waals surface area contributed by atoms with Crippen molar-refractivity contribution < 1.29 is 5.11 Å². The van der Waals surface area contributed by atoms with Crippen molar-refractivity contribution in [2.75, 3.05) is 18.5 Å². The van der Waals surface area contributed by atoms with Crippen LogP contribution < -0.4 is 16.6 Å². The Balaban J connectivity index is 2.79. The number of aliphatic hydroxyl groups excluding tert-OH is 1. The average molecular weight is 242 g/mol. The summed E-state index contributed by atoms with van der Waals surface area (Å²) in [5.74, 6) is 0.0596. The molecule has 0 atom stereocenters. The molecule has 0 aliphatic heterocycles. The zero-order chi connectivity index (χ0) is 12.9. The van der Waals surface area contributed by atoms with Crippen LogP contribution in [0.2, 0.25) is 0 Å². The molecule has 1 aromatic rings. The second kappa shape index (κ2) is 5.62. The van der Waals surface area contributed by atoms with Crippen LogP contribution in [0.25, 0.3) is 0 Å². The van der Waals surface area contributed by atoms with Gasteiger partial charge in [0.1, 0.15) is 0 Å². The van der Waals surface area contributed by atoms with E-state index in [-0.39, 0.29) is 17.8 Å². The van der Waals surface area contributed by atoms with Gasteiger partial charge in [0.25, 0.3) is 5.56 Å². The van der Waals surface area contributed by atoms with Crippen molar-refractivity contribution in [3.63, 3.8) is 0 Å². The molecule has 0 aliphatic rings. The van der Waals surface area contributed by atoms with Crippen molar-refractivity contribution in [1.29, 1.82) is 0 Å². The lowest BCUT2D eigenvalue weighted by atomic mass is 9.83. The predicted octanol–water partition coefficient (Wildman–Crippen LogP) is -0.331. The Bertz CT molecular complexity index is 453. The van der Waals surface area contributed by atoms with Crippen molar-refractivity contribution in [2.45, 2.75) is 26.7 Å². The van der Waals surface area contributed by atoms with Crippen LogP contribution in [-0.4, -0.2) is 33.4 Å². The third-order valence-corrected chi connectivity index (χ3v) is 3.18. The third kappa shape index (κ3) is 3.16. The highest BCUT2D eigenvalue weighted by atomic mass is 16.3. The first-order chi connectivity index (χ1) is 8.06. The summed E-state index contributed by atoms with van der Waals surface area (Å²) in [6.45, 7) is 4.42. The van der Waals surface area contributed by atoms with E-state index in [0.717, 1.165) is 12.8 Å². The average Bonchev–Trinajstić information content (AvgIpc) is 2.33. The van der Waals surface area contributed by atoms with Gasteiger partial charge in [0.05, 0.1) is 6.61 Å². The van der Waals surface area contributed by atoms with Gasteiger partial charge in [0.2, 0.25) is 5.82 Å². The van der Waals surface area contributed by atoms with Crippen molar-refractivity contribution in [3.8, 4) is 0 Å². The Morgan fingerprint density at radius 3 is 2.47 bits per heavy atom. The van der Waals surface area contributed by atoms with Gasteiger partial charge in [-0.15, -0.1) is 5.10 Å². The topological polar surface area (TPSA) is 111 Å². The normalized spacial score (nSPS) is 11.5. The van der Waals surface area contributed by atoms with Crippen LogP contribution in [0.5, 0.6) is 0 Å². The smallest absolute Gasteiger partial charge is 0.342 e. The molecule has 1 heterocycles. The Labute approximate surface area is 98.3 Å². The second-order valence-electron chi connectivity index (χ2n) is 4.07. The van der Waals surface area contributed by atoms with Gasteiger partial charge in [-0.2, -0.15) is 0 Å². The van der Waals surface area contributed by atoms with Gasteiger partial charge < -0.3 is 10.4 Å². The molecule has 4 N–H and O–H groups in total. The van der Waals surface area contributed by atoms with Crippen LogP contribution in [0, 0.1) is 5.41 Å². The standard InChI is InChI=1S/C10H18N4O3/c1-3-10(4-2,6-15)5-11-7-8(16)12-9(17)14-13-7/h15H,3-6H2,1-2H3,(H,11,13)(H2,12,14,16,17). The molecular weight excluding hydrogens is 224 g/mol. The zero-order valence-corrected chi connectivity index (χ0v) is 10.0. The number of hydrogen-bond donors (Lipinski definition) is 4. The highest BCUT2D eigenvalue weighted by Crippen LogP contribution is 2.25. The molecule has 0 saturated carbocycles. The fourth-order valence-electron chi connectivity index (χ4n) is 1.52. The summed E-state index contributed by atoms with van der Waals surface area (Å²) in [6, 6.07) is 0. The van der Waals surface area contributed by atoms with Gasteiger partial charge in [0, 0.05) is 12.0 Å². The third-order valence-electron chi connectivity index (χ3n) is 3.18. The SMILES string of the molecule is CCC(CC)(CO)CNc1n[nH]c(=O)[nH]c1=O. The summed E-state index contributed by atoms with van der Waals surface area (Å²) in [7, 11) is 0. The van der Waals surface area contributed by atoms with Gasteiger partial charge >= 0.3 is 5.69 Å². The van der Waals surface area contributed by atoms with E-state index in [4.69, 9.17) is 0 Å². The molecule has 7 nitrogen and oxygen atoms in total. The Hall–Kier alpha value is -1.63. The van der Waals surface area contributed by atoms with E-state index in [0.29, 0.717) is 6.54 Å². The monoisotopic (exact) mass is 242 g/mol. The quantitative estimate of drug-likeness (QED) is 0.546. The second-order valence-corrected chi connectivity index (χ2v) is 4.07. The number of aliphatic hydroxyl groups is 1. The Kier molecular flexibility index (Phi) is 4.45. The minimum absolute atomic E-state index is 0.0360. The molecule has 17 heavy (non-hydrogen) atoms. The van der Waals surface area contributed by atoms with E-state index in [2.05, 4.69) is 20.5 Å². The lowest BCUT2D eigenvalue weighted by Gasteiger charge is -2.29. The molecule has 0 unspecified atom stereocenters. The zero-order valence-electron chi connectivity index (χ0n) is 10.0. The minimum atomic E-state index is -0.639. The molecule has 0 amide bonds.